The SMILES string of the molecule is CCOC(=O)c1ccc2c(c1)C1(C)CCN(C(=O)N3CCCCC3)[C@H](C2)[C@H]1C. The number of urea groups is 1. The van der Waals surface area contributed by atoms with Gasteiger partial charge in [-0.25, -0.2) is 9.59 Å². The minimum atomic E-state index is -0.249. The van der Waals surface area contributed by atoms with Crippen LogP contribution in [0.2, 0.25) is 0 Å². The van der Waals surface area contributed by atoms with Crippen molar-refractivity contribution in [1.29, 1.82) is 0 Å². The molecule has 0 aromatic heterocycles. The lowest BCUT2D eigenvalue weighted by Crippen LogP contribution is -2.62. The molecule has 1 aromatic carbocycles. The zero-order valence-corrected chi connectivity index (χ0v) is 17.4. The van der Waals surface area contributed by atoms with Crippen molar-refractivity contribution in [3.63, 3.8) is 0 Å². The fourth-order valence-electron chi connectivity index (χ4n) is 5.46. The molecule has 5 nitrogen and oxygen atoms in total. The summed E-state index contributed by atoms with van der Waals surface area (Å²) >= 11 is 0. The Kier molecular flexibility index (Phi) is 5.11. The van der Waals surface area contributed by atoms with Crippen molar-refractivity contribution >= 4 is 12.0 Å². The second kappa shape index (κ2) is 7.41. The van der Waals surface area contributed by atoms with Gasteiger partial charge in [0.25, 0.3) is 0 Å². The zero-order valence-electron chi connectivity index (χ0n) is 17.4. The third-order valence-electron chi connectivity index (χ3n) is 7.39. The van der Waals surface area contributed by atoms with Gasteiger partial charge in [-0.1, -0.05) is 19.9 Å². The highest BCUT2D eigenvalue weighted by Gasteiger charge is 2.50. The predicted octanol–water partition coefficient (Wildman–Crippen LogP) is 3.99. The van der Waals surface area contributed by atoms with Gasteiger partial charge in [0.1, 0.15) is 0 Å². The number of benzene rings is 1. The third kappa shape index (κ3) is 3.09. The van der Waals surface area contributed by atoms with Gasteiger partial charge in [0.15, 0.2) is 0 Å². The molecule has 152 valence electrons. The first-order chi connectivity index (χ1) is 13.5. The molecule has 2 saturated heterocycles. The van der Waals surface area contributed by atoms with Crippen LogP contribution >= 0.6 is 0 Å². The van der Waals surface area contributed by atoms with Crippen molar-refractivity contribution in [3.05, 3.63) is 34.9 Å². The molecule has 2 heterocycles. The smallest absolute Gasteiger partial charge is 0.338 e. The van der Waals surface area contributed by atoms with Crippen LogP contribution < -0.4 is 0 Å². The lowest BCUT2D eigenvalue weighted by molar-refractivity contribution is 0.0384. The molecule has 3 atom stereocenters. The molecule has 0 N–H and O–H groups in total. The number of likely N-dealkylation sites (tertiary alicyclic amines) is 2. The fraction of sp³-hybridized carbons (Fsp3) is 0.652. The maximum atomic E-state index is 13.2. The highest BCUT2D eigenvalue weighted by Crippen LogP contribution is 2.49. The Morgan fingerprint density at radius 2 is 1.93 bits per heavy atom. The van der Waals surface area contributed by atoms with E-state index >= 15 is 0 Å². The molecule has 3 aliphatic rings. The van der Waals surface area contributed by atoms with E-state index in [2.05, 4.69) is 29.7 Å². The van der Waals surface area contributed by atoms with Crippen LogP contribution in [0.25, 0.3) is 0 Å². The molecule has 28 heavy (non-hydrogen) atoms. The third-order valence-corrected chi connectivity index (χ3v) is 7.39. The number of carbonyl (C=O) groups excluding carboxylic acids is 2. The predicted molar refractivity (Wildman–Crippen MR) is 109 cm³/mol. The van der Waals surface area contributed by atoms with Gasteiger partial charge in [0, 0.05) is 25.7 Å². The molecule has 0 radical (unpaired) electrons. The average molecular weight is 385 g/mol. The lowest BCUT2D eigenvalue weighted by Gasteiger charge is -2.55. The summed E-state index contributed by atoms with van der Waals surface area (Å²) in [4.78, 5) is 29.6. The summed E-state index contributed by atoms with van der Waals surface area (Å²) in [6, 6.07) is 6.46. The summed E-state index contributed by atoms with van der Waals surface area (Å²) in [5.74, 6) is 0.112. The van der Waals surface area contributed by atoms with Crippen molar-refractivity contribution < 1.29 is 14.3 Å². The normalized spacial score (nSPS) is 29.2. The topological polar surface area (TPSA) is 49.9 Å². The highest BCUT2D eigenvalue weighted by molar-refractivity contribution is 5.90. The zero-order chi connectivity index (χ0) is 19.9. The van der Waals surface area contributed by atoms with Crippen molar-refractivity contribution in [2.75, 3.05) is 26.2 Å². The van der Waals surface area contributed by atoms with E-state index in [1.54, 1.807) is 0 Å². The Morgan fingerprint density at radius 3 is 2.64 bits per heavy atom. The van der Waals surface area contributed by atoms with Gasteiger partial charge in [-0.2, -0.15) is 0 Å². The first kappa shape index (κ1) is 19.3. The number of hydrogen-bond acceptors (Lipinski definition) is 3. The van der Waals surface area contributed by atoms with Gasteiger partial charge in [-0.3, -0.25) is 0 Å². The Bertz CT molecular complexity index is 771. The molecule has 5 heteroatoms. The van der Waals surface area contributed by atoms with Crippen molar-refractivity contribution in [2.45, 2.75) is 64.3 Å². The average Bonchev–Trinajstić information content (AvgIpc) is 2.71. The van der Waals surface area contributed by atoms with E-state index in [4.69, 9.17) is 4.74 Å². The van der Waals surface area contributed by atoms with Crippen molar-refractivity contribution in [1.82, 2.24) is 9.80 Å². The molecule has 1 aliphatic carbocycles. The van der Waals surface area contributed by atoms with Crippen molar-refractivity contribution in [2.24, 2.45) is 5.92 Å². The molecule has 1 unspecified atom stereocenters. The van der Waals surface area contributed by atoms with Crippen LogP contribution in [0.4, 0.5) is 4.79 Å². The van der Waals surface area contributed by atoms with E-state index in [9.17, 15) is 9.59 Å². The van der Waals surface area contributed by atoms with Gasteiger partial charge in [0.05, 0.1) is 12.2 Å². The second-order valence-electron chi connectivity index (χ2n) is 8.84. The fourth-order valence-corrected chi connectivity index (χ4v) is 5.46. The van der Waals surface area contributed by atoms with E-state index in [1.807, 2.05) is 19.1 Å². The number of rotatable bonds is 2. The Hall–Kier alpha value is -2.04. The minimum Gasteiger partial charge on any atom is -0.462 e. The molecule has 4 rings (SSSR count). The molecule has 2 amide bonds. The summed E-state index contributed by atoms with van der Waals surface area (Å²) < 4.78 is 5.20. The van der Waals surface area contributed by atoms with Crippen LogP contribution in [-0.4, -0.2) is 54.1 Å². The van der Waals surface area contributed by atoms with Gasteiger partial charge in [-0.15, -0.1) is 0 Å². The molecule has 1 aromatic rings. The molecule has 2 fully saturated rings. The largest absolute Gasteiger partial charge is 0.462 e. The molecular formula is C23H32N2O3. The van der Waals surface area contributed by atoms with E-state index in [0.717, 1.165) is 45.3 Å². The summed E-state index contributed by atoms with van der Waals surface area (Å²) in [6.45, 7) is 9.39. The number of carbonyl (C=O) groups is 2. The molecule has 0 saturated carbocycles. The van der Waals surface area contributed by atoms with E-state index in [-0.39, 0.29) is 23.5 Å². The second-order valence-corrected chi connectivity index (χ2v) is 8.84. The number of hydrogen-bond donors (Lipinski definition) is 0. The lowest BCUT2D eigenvalue weighted by atomic mass is 9.59. The number of ether oxygens (including phenoxy) is 1. The number of esters is 1. The van der Waals surface area contributed by atoms with E-state index < -0.39 is 0 Å². The van der Waals surface area contributed by atoms with Gasteiger partial charge in [-0.05, 0) is 73.6 Å². The molecular weight excluding hydrogens is 352 g/mol. The highest BCUT2D eigenvalue weighted by atomic mass is 16.5. The summed E-state index contributed by atoms with van der Waals surface area (Å²) in [7, 11) is 0. The standard InChI is InChI=1S/C23H32N2O3/c1-4-28-21(26)18-9-8-17-15-20-16(2)23(3,19(17)14-18)10-13-25(20)22(27)24-11-6-5-7-12-24/h8-9,14,16,20H,4-7,10-13,15H2,1-3H3/t16-,20-,23?/m1/s1. The Balaban J connectivity index is 1.62. The maximum Gasteiger partial charge on any atom is 0.338 e. The van der Waals surface area contributed by atoms with Crippen LogP contribution in [0.1, 0.15) is 67.9 Å². The van der Waals surface area contributed by atoms with Crippen LogP contribution in [0.3, 0.4) is 0 Å². The van der Waals surface area contributed by atoms with Gasteiger partial charge >= 0.3 is 12.0 Å². The molecule has 2 bridgehead atoms. The van der Waals surface area contributed by atoms with Gasteiger partial charge in [0.2, 0.25) is 0 Å². The summed E-state index contributed by atoms with van der Waals surface area (Å²) in [5, 5.41) is 0. The summed E-state index contributed by atoms with van der Waals surface area (Å²) in [5.41, 5.74) is 3.17. The molecule has 0 spiro atoms. The number of fused-ring (bicyclic) bond motifs is 4. The minimum absolute atomic E-state index is 0.0145. The van der Waals surface area contributed by atoms with E-state index in [1.165, 1.54) is 17.5 Å². The number of amides is 2. The summed E-state index contributed by atoms with van der Waals surface area (Å²) in [6.07, 6.45) is 5.28. The Morgan fingerprint density at radius 1 is 1.18 bits per heavy atom. The maximum absolute atomic E-state index is 13.2. The van der Waals surface area contributed by atoms with Gasteiger partial charge < -0.3 is 14.5 Å². The van der Waals surface area contributed by atoms with E-state index in [0.29, 0.717) is 18.1 Å². The number of nitrogens with zero attached hydrogens (tertiary/aromatic N) is 2. The number of piperidine rings is 2. The first-order valence-corrected chi connectivity index (χ1v) is 10.8. The van der Waals surface area contributed by atoms with Crippen LogP contribution in [0.5, 0.6) is 0 Å². The Labute approximate surface area is 168 Å². The van der Waals surface area contributed by atoms with Crippen LogP contribution in [0.15, 0.2) is 18.2 Å². The van der Waals surface area contributed by atoms with Crippen LogP contribution in [0, 0.1) is 5.92 Å². The molecule has 2 aliphatic heterocycles. The quantitative estimate of drug-likeness (QED) is 0.725. The monoisotopic (exact) mass is 384 g/mol. The van der Waals surface area contributed by atoms with Crippen molar-refractivity contribution in [3.8, 4) is 0 Å². The first-order valence-electron chi connectivity index (χ1n) is 10.8. The van der Waals surface area contributed by atoms with Crippen LogP contribution in [-0.2, 0) is 16.6 Å².